The molecule has 2 fully saturated rings. The molecule has 0 aliphatic carbocycles. The molecule has 5 nitrogen and oxygen atoms in total. The van der Waals surface area contributed by atoms with Crippen molar-refractivity contribution in [1.82, 2.24) is 9.88 Å². The van der Waals surface area contributed by atoms with E-state index in [2.05, 4.69) is 14.8 Å². The molecule has 0 unspecified atom stereocenters. The number of nitrogens with two attached hydrogens (primary N) is 1. The maximum atomic E-state index is 14.0. The van der Waals surface area contributed by atoms with Gasteiger partial charge in [-0.05, 0) is 44.4 Å². The number of likely N-dealkylation sites (tertiary alicyclic amines) is 1. The maximum Gasteiger partial charge on any atom is 0.234 e. The third-order valence-corrected chi connectivity index (χ3v) is 5.60. The van der Waals surface area contributed by atoms with Gasteiger partial charge in [0.25, 0.3) is 0 Å². The first-order chi connectivity index (χ1) is 12.1. The van der Waals surface area contributed by atoms with Crippen LogP contribution in [0.4, 0.5) is 10.1 Å². The minimum absolute atomic E-state index is 0.104. The lowest BCUT2D eigenvalue weighted by Crippen LogP contribution is -2.50. The van der Waals surface area contributed by atoms with Gasteiger partial charge in [-0.2, -0.15) is 0 Å². The Hall–Kier alpha value is -2.21. The van der Waals surface area contributed by atoms with Gasteiger partial charge in [0.1, 0.15) is 11.3 Å². The summed E-state index contributed by atoms with van der Waals surface area (Å²) in [4.78, 5) is 20.4. The number of para-hydroxylation sites is 1. The molecule has 132 valence electrons. The Morgan fingerprint density at radius 2 is 1.96 bits per heavy atom. The first-order valence-electron chi connectivity index (χ1n) is 8.98. The summed E-state index contributed by atoms with van der Waals surface area (Å²) in [6.45, 7) is 2.74. The first kappa shape index (κ1) is 16.3. The number of piperidine rings is 1. The van der Waals surface area contributed by atoms with E-state index in [0.29, 0.717) is 11.6 Å². The van der Waals surface area contributed by atoms with Crippen molar-refractivity contribution >= 4 is 22.5 Å². The second kappa shape index (κ2) is 6.59. The molecule has 2 saturated heterocycles. The van der Waals surface area contributed by atoms with Crippen LogP contribution in [0.1, 0.15) is 25.7 Å². The Morgan fingerprint density at radius 3 is 2.72 bits per heavy atom. The lowest BCUT2D eigenvalue weighted by molar-refractivity contribution is -0.123. The van der Waals surface area contributed by atoms with Gasteiger partial charge in [-0.3, -0.25) is 14.7 Å². The number of carbonyl (C=O) groups excluding carboxylic acids is 1. The topological polar surface area (TPSA) is 62.5 Å². The Kier molecular flexibility index (Phi) is 4.29. The van der Waals surface area contributed by atoms with Gasteiger partial charge in [-0.1, -0.05) is 12.1 Å². The van der Waals surface area contributed by atoms with Crippen molar-refractivity contribution in [2.24, 2.45) is 5.73 Å². The number of aromatic nitrogens is 1. The van der Waals surface area contributed by atoms with E-state index < -0.39 is 0 Å². The van der Waals surface area contributed by atoms with Crippen LogP contribution in [-0.4, -0.2) is 47.5 Å². The van der Waals surface area contributed by atoms with E-state index in [-0.39, 0.29) is 17.8 Å². The number of halogens is 1. The Morgan fingerprint density at radius 1 is 1.16 bits per heavy atom. The summed E-state index contributed by atoms with van der Waals surface area (Å²) in [7, 11) is 0. The molecule has 2 aliphatic rings. The number of amides is 1. The molecule has 25 heavy (non-hydrogen) atoms. The van der Waals surface area contributed by atoms with Crippen LogP contribution < -0.4 is 10.6 Å². The highest BCUT2D eigenvalue weighted by Gasteiger charge is 2.35. The van der Waals surface area contributed by atoms with Crippen molar-refractivity contribution in [3.05, 3.63) is 36.3 Å². The van der Waals surface area contributed by atoms with Crippen LogP contribution in [0.3, 0.4) is 0 Å². The van der Waals surface area contributed by atoms with Crippen LogP contribution in [0.25, 0.3) is 10.9 Å². The predicted molar refractivity (Wildman–Crippen MR) is 95.9 cm³/mol. The summed E-state index contributed by atoms with van der Waals surface area (Å²) in [5, 5.41) is 0.858. The minimum Gasteiger partial charge on any atom is -0.371 e. The van der Waals surface area contributed by atoms with Crippen molar-refractivity contribution in [2.75, 3.05) is 24.5 Å². The molecule has 0 bridgehead atoms. The predicted octanol–water partition coefficient (Wildman–Crippen LogP) is 2.29. The van der Waals surface area contributed by atoms with Crippen LogP contribution in [-0.2, 0) is 4.79 Å². The number of pyridine rings is 1. The summed E-state index contributed by atoms with van der Waals surface area (Å²) in [5.41, 5.74) is 7.02. The molecule has 2 aromatic rings. The fraction of sp³-hybridized carbons (Fsp3) is 0.474. The average molecular weight is 342 g/mol. The van der Waals surface area contributed by atoms with Crippen molar-refractivity contribution < 1.29 is 9.18 Å². The smallest absolute Gasteiger partial charge is 0.234 e. The highest BCUT2D eigenvalue weighted by molar-refractivity contribution is 5.91. The fourth-order valence-corrected chi connectivity index (χ4v) is 4.37. The number of primary amides is 1. The van der Waals surface area contributed by atoms with Gasteiger partial charge in [0.2, 0.25) is 5.91 Å². The number of hydrogen-bond acceptors (Lipinski definition) is 4. The number of rotatable bonds is 3. The molecule has 2 aliphatic heterocycles. The van der Waals surface area contributed by atoms with Crippen LogP contribution in [0.5, 0.6) is 0 Å². The molecule has 1 aromatic heterocycles. The van der Waals surface area contributed by atoms with Gasteiger partial charge in [0.15, 0.2) is 0 Å². The molecule has 6 heteroatoms. The van der Waals surface area contributed by atoms with Gasteiger partial charge in [0, 0.05) is 36.4 Å². The van der Waals surface area contributed by atoms with Gasteiger partial charge >= 0.3 is 0 Å². The van der Waals surface area contributed by atoms with E-state index in [9.17, 15) is 9.18 Å². The lowest BCUT2D eigenvalue weighted by atomic mass is 10.0. The van der Waals surface area contributed by atoms with Gasteiger partial charge in [-0.15, -0.1) is 0 Å². The lowest BCUT2D eigenvalue weighted by Gasteiger charge is -2.39. The van der Waals surface area contributed by atoms with Crippen LogP contribution in [0, 0.1) is 5.82 Å². The number of hydrogen-bond donors (Lipinski definition) is 1. The zero-order valence-electron chi connectivity index (χ0n) is 14.2. The number of nitrogens with zero attached hydrogens (tertiary/aromatic N) is 3. The Balaban J connectivity index is 1.51. The molecule has 3 heterocycles. The standard InChI is InChI=1S/C19H23FN4O/c20-15-4-1-3-14-16(6-9-22-18(14)15)23-11-7-13(8-12-23)24-10-2-5-17(24)19(21)25/h1,3-4,6,9,13,17H,2,5,7-8,10-12H2,(H2,21,25)/t17-/m1/s1. The van der Waals surface area contributed by atoms with E-state index in [1.165, 1.54) is 6.07 Å². The molecular weight excluding hydrogens is 319 g/mol. The molecule has 0 saturated carbocycles. The Labute approximate surface area is 146 Å². The minimum atomic E-state index is -0.282. The normalized spacial score (nSPS) is 22.6. The number of carbonyl (C=O) groups is 1. The average Bonchev–Trinajstić information content (AvgIpc) is 3.12. The summed E-state index contributed by atoms with van der Waals surface area (Å²) in [6.07, 6.45) is 5.58. The Bertz CT molecular complexity index is 788. The maximum absolute atomic E-state index is 14.0. The van der Waals surface area contributed by atoms with E-state index in [0.717, 1.165) is 56.4 Å². The van der Waals surface area contributed by atoms with E-state index >= 15 is 0 Å². The van der Waals surface area contributed by atoms with Gasteiger partial charge < -0.3 is 10.6 Å². The van der Waals surface area contributed by atoms with Gasteiger partial charge in [0.05, 0.1) is 6.04 Å². The molecule has 0 spiro atoms. The second-order valence-corrected chi connectivity index (χ2v) is 6.98. The molecule has 4 rings (SSSR count). The van der Waals surface area contributed by atoms with Crippen LogP contribution in [0.2, 0.25) is 0 Å². The molecule has 1 atom stereocenters. The number of benzene rings is 1. The number of fused-ring (bicyclic) bond motifs is 1. The third kappa shape index (κ3) is 2.95. The van der Waals surface area contributed by atoms with Gasteiger partial charge in [-0.25, -0.2) is 4.39 Å². The summed E-state index contributed by atoms with van der Waals surface area (Å²) >= 11 is 0. The molecular formula is C19H23FN4O. The quantitative estimate of drug-likeness (QED) is 0.930. The molecule has 1 aromatic carbocycles. The largest absolute Gasteiger partial charge is 0.371 e. The van der Waals surface area contributed by atoms with Crippen molar-refractivity contribution in [3.8, 4) is 0 Å². The molecule has 0 radical (unpaired) electrons. The monoisotopic (exact) mass is 342 g/mol. The van der Waals surface area contributed by atoms with Crippen LogP contribution in [0.15, 0.2) is 30.5 Å². The van der Waals surface area contributed by atoms with E-state index in [1.807, 2.05) is 12.1 Å². The first-order valence-corrected chi connectivity index (χ1v) is 8.98. The van der Waals surface area contributed by atoms with E-state index in [4.69, 9.17) is 5.73 Å². The summed E-state index contributed by atoms with van der Waals surface area (Å²) < 4.78 is 14.0. The third-order valence-electron chi connectivity index (χ3n) is 5.60. The zero-order chi connectivity index (χ0) is 17.4. The van der Waals surface area contributed by atoms with Crippen LogP contribution >= 0.6 is 0 Å². The molecule has 1 amide bonds. The van der Waals surface area contributed by atoms with Crippen molar-refractivity contribution in [1.29, 1.82) is 0 Å². The highest BCUT2D eigenvalue weighted by Crippen LogP contribution is 2.31. The fourth-order valence-electron chi connectivity index (χ4n) is 4.37. The SMILES string of the molecule is NC(=O)[C@H]1CCCN1C1CCN(c2ccnc3c(F)cccc23)CC1. The van der Waals surface area contributed by atoms with E-state index in [1.54, 1.807) is 12.3 Å². The second-order valence-electron chi connectivity index (χ2n) is 6.98. The van der Waals surface area contributed by atoms with Crippen molar-refractivity contribution in [2.45, 2.75) is 37.8 Å². The zero-order valence-corrected chi connectivity index (χ0v) is 14.2. The molecule has 2 N–H and O–H groups in total. The summed E-state index contributed by atoms with van der Waals surface area (Å²) in [5.74, 6) is -0.480. The summed E-state index contributed by atoms with van der Waals surface area (Å²) in [6, 6.07) is 7.37. The highest BCUT2D eigenvalue weighted by atomic mass is 19.1. The number of anilines is 1. The van der Waals surface area contributed by atoms with Crippen molar-refractivity contribution in [3.63, 3.8) is 0 Å².